The second-order valence-electron chi connectivity index (χ2n) is 4.46. The number of rotatable bonds is 8. The van der Waals surface area contributed by atoms with Crippen LogP contribution in [-0.4, -0.2) is 51.7 Å². The van der Waals surface area contributed by atoms with Crippen LogP contribution in [0.3, 0.4) is 0 Å². The fourth-order valence-corrected chi connectivity index (χ4v) is 2.36. The predicted octanol–water partition coefficient (Wildman–Crippen LogP) is 0.350. The smallest absolute Gasteiger partial charge is 0.235 e. The maximum absolute atomic E-state index is 13.4. The molecule has 0 saturated heterocycles. The summed E-state index contributed by atoms with van der Waals surface area (Å²) in [5.41, 5.74) is 0.341. The second-order valence-corrected chi connectivity index (χ2v) is 6.44. The zero-order chi connectivity index (χ0) is 15.9. The molecule has 1 aromatic rings. The van der Waals surface area contributed by atoms with Gasteiger partial charge in [-0.15, -0.1) is 0 Å². The van der Waals surface area contributed by atoms with Crippen LogP contribution in [0.25, 0.3) is 0 Å². The van der Waals surface area contributed by atoms with Gasteiger partial charge >= 0.3 is 0 Å². The molecule has 0 unspecified atom stereocenters. The van der Waals surface area contributed by atoms with E-state index < -0.39 is 21.7 Å². The molecule has 0 heterocycles. The first-order valence-electron chi connectivity index (χ1n) is 6.28. The molecule has 0 bridgehead atoms. The van der Waals surface area contributed by atoms with Crippen molar-refractivity contribution in [3.05, 3.63) is 35.6 Å². The highest BCUT2D eigenvalue weighted by atomic mass is 32.2. The molecule has 1 N–H and O–H groups in total. The Labute approximate surface area is 123 Å². The number of hydrogen-bond donors (Lipinski definition) is 1. The average molecular weight is 318 g/mol. The van der Waals surface area contributed by atoms with Crippen molar-refractivity contribution in [2.75, 3.05) is 33.1 Å². The Balaban J connectivity index is 2.56. The summed E-state index contributed by atoms with van der Waals surface area (Å²) >= 11 is 0. The van der Waals surface area contributed by atoms with Gasteiger partial charge in [0.15, 0.2) is 0 Å². The molecule has 1 aromatic carbocycles. The van der Waals surface area contributed by atoms with Crippen molar-refractivity contribution in [2.45, 2.75) is 6.54 Å². The largest absolute Gasteiger partial charge is 0.383 e. The lowest BCUT2D eigenvalue weighted by atomic mass is 10.2. The Kier molecular flexibility index (Phi) is 6.73. The van der Waals surface area contributed by atoms with Gasteiger partial charge in [-0.25, -0.2) is 12.8 Å². The van der Waals surface area contributed by atoms with Gasteiger partial charge < -0.3 is 10.1 Å². The van der Waals surface area contributed by atoms with Gasteiger partial charge in [-0.1, -0.05) is 18.2 Å². The molecule has 8 heteroatoms. The quantitative estimate of drug-likeness (QED) is 0.750. The summed E-state index contributed by atoms with van der Waals surface area (Å²) in [5, 5.41) is 2.49. The number of hydrogen-bond acceptors (Lipinski definition) is 4. The van der Waals surface area contributed by atoms with Crippen molar-refractivity contribution >= 4 is 15.9 Å². The number of nitrogens with zero attached hydrogens (tertiary/aromatic N) is 1. The van der Waals surface area contributed by atoms with Crippen molar-refractivity contribution in [2.24, 2.45) is 0 Å². The van der Waals surface area contributed by atoms with E-state index in [-0.39, 0.29) is 26.2 Å². The van der Waals surface area contributed by atoms with Gasteiger partial charge in [0, 0.05) is 25.8 Å². The van der Waals surface area contributed by atoms with E-state index in [0.717, 1.165) is 10.6 Å². The molecule has 1 rings (SSSR count). The molecule has 0 fully saturated rings. The van der Waals surface area contributed by atoms with E-state index in [1.807, 2.05) is 0 Å². The van der Waals surface area contributed by atoms with Crippen LogP contribution in [0, 0.1) is 5.82 Å². The van der Waals surface area contributed by atoms with Crippen LogP contribution >= 0.6 is 0 Å². The SMILES string of the molecule is COCCN(CC(=O)NCc1ccccc1F)S(C)(=O)=O. The van der Waals surface area contributed by atoms with Crippen LogP contribution in [-0.2, 0) is 26.1 Å². The molecular weight excluding hydrogens is 299 g/mol. The number of ether oxygens (including phenoxy) is 1. The van der Waals surface area contributed by atoms with Crippen LogP contribution in [0.4, 0.5) is 4.39 Å². The van der Waals surface area contributed by atoms with Crippen molar-refractivity contribution in [1.29, 1.82) is 0 Å². The number of benzene rings is 1. The lowest BCUT2D eigenvalue weighted by molar-refractivity contribution is -0.121. The standard InChI is InChI=1S/C13H19FN2O4S/c1-20-8-7-16(21(2,18)19)10-13(17)15-9-11-5-3-4-6-12(11)14/h3-6H,7-10H2,1-2H3,(H,15,17). The molecule has 0 aromatic heterocycles. The van der Waals surface area contributed by atoms with Crippen LogP contribution in [0.2, 0.25) is 0 Å². The number of carbonyl (C=O) groups is 1. The number of halogens is 1. The summed E-state index contributed by atoms with van der Waals surface area (Å²) in [7, 11) is -2.06. The van der Waals surface area contributed by atoms with E-state index in [0.29, 0.717) is 5.56 Å². The lowest BCUT2D eigenvalue weighted by Crippen LogP contribution is -2.41. The minimum Gasteiger partial charge on any atom is -0.383 e. The van der Waals surface area contributed by atoms with Crippen molar-refractivity contribution < 1.29 is 22.3 Å². The summed E-state index contributed by atoms with van der Waals surface area (Å²) in [6.45, 7) is -0.0415. The fourth-order valence-electron chi connectivity index (χ4n) is 1.61. The Morgan fingerprint density at radius 1 is 1.38 bits per heavy atom. The van der Waals surface area contributed by atoms with Crippen molar-refractivity contribution in [3.63, 3.8) is 0 Å². The Morgan fingerprint density at radius 2 is 2.05 bits per heavy atom. The van der Waals surface area contributed by atoms with Crippen LogP contribution in [0.15, 0.2) is 24.3 Å². The number of nitrogens with one attached hydrogen (secondary N) is 1. The molecule has 0 atom stereocenters. The Hall–Kier alpha value is -1.51. The van der Waals surface area contributed by atoms with Gasteiger partial charge in [0.25, 0.3) is 0 Å². The van der Waals surface area contributed by atoms with Crippen LogP contribution in [0.1, 0.15) is 5.56 Å². The first-order chi connectivity index (χ1) is 9.84. The van der Waals surface area contributed by atoms with Gasteiger partial charge in [0.05, 0.1) is 19.4 Å². The lowest BCUT2D eigenvalue weighted by Gasteiger charge is -2.19. The molecule has 0 radical (unpaired) electrons. The van der Waals surface area contributed by atoms with Gasteiger partial charge in [-0.2, -0.15) is 4.31 Å². The molecule has 0 aliphatic rings. The first-order valence-corrected chi connectivity index (χ1v) is 8.13. The molecule has 1 amide bonds. The number of amides is 1. The molecule has 6 nitrogen and oxygen atoms in total. The number of carbonyl (C=O) groups excluding carboxylic acids is 1. The summed E-state index contributed by atoms with van der Waals surface area (Å²) in [5.74, 6) is -0.920. The zero-order valence-electron chi connectivity index (χ0n) is 12.0. The Morgan fingerprint density at radius 3 is 2.62 bits per heavy atom. The van der Waals surface area contributed by atoms with Crippen LogP contribution < -0.4 is 5.32 Å². The summed E-state index contributed by atoms with van der Waals surface area (Å²) < 4.78 is 42.3. The van der Waals surface area contributed by atoms with Gasteiger partial charge in [-0.05, 0) is 6.07 Å². The van der Waals surface area contributed by atoms with Crippen molar-refractivity contribution in [1.82, 2.24) is 9.62 Å². The third-order valence-corrected chi connectivity index (χ3v) is 4.02. The number of methoxy groups -OCH3 is 1. The molecule has 0 aliphatic carbocycles. The minimum absolute atomic E-state index is 0.00733. The molecule has 118 valence electrons. The van der Waals surface area contributed by atoms with Gasteiger partial charge in [-0.3, -0.25) is 4.79 Å². The van der Waals surface area contributed by atoms with Gasteiger partial charge in [0.1, 0.15) is 5.82 Å². The van der Waals surface area contributed by atoms with E-state index in [2.05, 4.69) is 5.32 Å². The van der Waals surface area contributed by atoms with E-state index in [9.17, 15) is 17.6 Å². The topological polar surface area (TPSA) is 75.7 Å². The maximum Gasteiger partial charge on any atom is 0.235 e. The second kappa shape index (κ2) is 8.06. The Bertz CT molecular complexity index is 577. The molecule has 0 spiro atoms. The van der Waals surface area contributed by atoms with E-state index in [1.165, 1.54) is 13.2 Å². The predicted molar refractivity (Wildman–Crippen MR) is 76.5 cm³/mol. The van der Waals surface area contributed by atoms with Crippen LogP contribution in [0.5, 0.6) is 0 Å². The number of sulfonamides is 1. The third kappa shape index (κ3) is 6.19. The van der Waals surface area contributed by atoms with E-state index >= 15 is 0 Å². The summed E-state index contributed by atoms with van der Waals surface area (Å²) in [6, 6.07) is 6.06. The average Bonchev–Trinajstić information content (AvgIpc) is 2.41. The minimum atomic E-state index is -3.50. The molecule has 0 saturated carbocycles. The van der Waals surface area contributed by atoms with Gasteiger partial charge in [0.2, 0.25) is 15.9 Å². The monoisotopic (exact) mass is 318 g/mol. The highest BCUT2D eigenvalue weighted by Gasteiger charge is 2.19. The normalized spacial score (nSPS) is 11.6. The molecular formula is C13H19FN2O4S. The first kappa shape index (κ1) is 17.5. The molecule has 21 heavy (non-hydrogen) atoms. The van der Waals surface area contributed by atoms with E-state index in [1.54, 1.807) is 18.2 Å². The fraction of sp³-hybridized carbons (Fsp3) is 0.462. The highest BCUT2D eigenvalue weighted by Crippen LogP contribution is 2.05. The van der Waals surface area contributed by atoms with Crippen molar-refractivity contribution in [3.8, 4) is 0 Å². The molecule has 0 aliphatic heterocycles. The zero-order valence-corrected chi connectivity index (χ0v) is 12.8. The summed E-state index contributed by atoms with van der Waals surface area (Å²) in [4.78, 5) is 11.8. The maximum atomic E-state index is 13.4. The van der Waals surface area contributed by atoms with E-state index in [4.69, 9.17) is 4.74 Å². The summed E-state index contributed by atoms with van der Waals surface area (Å²) in [6.07, 6.45) is 1.02. The highest BCUT2D eigenvalue weighted by molar-refractivity contribution is 7.88. The third-order valence-electron chi connectivity index (χ3n) is 2.77.